The van der Waals surface area contributed by atoms with E-state index >= 15 is 0 Å². The van der Waals surface area contributed by atoms with Gasteiger partial charge in [-0.3, -0.25) is 9.79 Å². The summed E-state index contributed by atoms with van der Waals surface area (Å²) in [4.78, 5) is 21.0. The summed E-state index contributed by atoms with van der Waals surface area (Å²) in [5.41, 5.74) is -0.779. The van der Waals surface area contributed by atoms with Crippen molar-refractivity contribution in [2.75, 3.05) is 45.9 Å². The highest BCUT2D eigenvalue weighted by molar-refractivity contribution is 5.82. The minimum Gasteiger partial charge on any atom is -0.388 e. The first kappa shape index (κ1) is 19.0. The van der Waals surface area contributed by atoms with Crippen LogP contribution >= 0.6 is 0 Å². The number of carbonyl (C=O) groups is 1. The van der Waals surface area contributed by atoms with Gasteiger partial charge in [0.1, 0.15) is 6.10 Å². The van der Waals surface area contributed by atoms with Gasteiger partial charge in [-0.1, -0.05) is 6.92 Å². The Morgan fingerprint density at radius 2 is 1.96 bits per heavy atom. The van der Waals surface area contributed by atoms with E-state index in [1.54, 1.807) is 6.92 Å². The van der Waals surface area contributed by atoms with E-state index in [-0.39, 0.29) is 12.0 Å². The van der Waals surface area contributed by atoms with Crippen molar-refractivity contribution >= 4 is 11.9 Å². The molecule has 0 radical (unpaired) electrons. The lowest BCUT2D eigenvalue weighted by Gasteiger charge is -2.37. The first-order chi connectivity index (χ1) is 11.5. The van der Waals surface area contributed by atoms with E-state index in [2.05, 4.69) is 15.2 Å². The van der Waals surface area contributed by atoms with Crippen LogP contribution in [0.4, 0.5) is 0 Å². The van der Waals surface area contributed by atoms with Crippen molar-refractivity contribution in [2.24, 2.45) is 4.99 Å². The van der Waals surface area contributed by atoms with Gasteiger partial charge < -0.3 is 25.0 Å². The molecule has 2 atom stereocenters. The van der Waals surface area contributed by atoms with Gasteiger partial charge >= 0.3 is 0 Å². The molecule has 2 N–H and O–H groups in total. The molecule has 2 fully saturated rings. The lowest BCUT2D eigenvalue weighted by molar-refractivity contribution is -0.142. The molecule has 2 aliphatic heterocycles. The highest BCUT2D eigenvalue weighted by Crippen LogP contribution is 2.16. The summed E-state index contributed by atoms with van der Waals surface area (Å²) in [6.45, 7) is 10.5. The fourth-order valence-corrected chi connectivity index (χ4v) is 2.90. The number of amides is 1. The zero-order chi connectivity index (χ0) is 17.6. The average molecular weight is 340 g/mol. The molecular formula is C17H32N4O3. The van der Waals surface area contributed by atoms with E-state index in [1.165, 1.54) is 0 Å². The maximum Gasteiger partial charge on any atom is 0.251 e. The van der Waals surface area contributed by atoms with E-state index in [4.69, 9.17) is 4.74 Å². The third-order valence-corrected chi connectivity index (χ3v) is 4.76. The van der Waals surface area contributed by atoms with E-state index < -0.39 is 5.60 Å². The summed E-state index contributed by atoms with van der Waals surface area (Å²) in [6, 6.07) is 0. The molecule has 0 saturated carbocycles. The molecule has 2 unspecified atom stereocenters. The molecule has 0 aromatic rings. The number of nitrogens with zero attached hydrogens (tertiary/aromatic N) is 3. The molecule has 7 nitrogen and oxygen atoms in total. The molecule has 2 saturated heterocycles. The van der Waals surface area contributed by atoms with Gasteiger partial charge in [-0.15, -0.1) is 0 Å². The van der Waals surface area contributed by atoms with Gasteiger partial charge in [-0.05, 0) is 33.1 Å². The number of aliphatic hydroxyl groups is 1. The smallest absolute Gasteiger partial charge is 0.251 e. The van der Waals surface area contributed by atoms with Crippen LogP contribution in [0, 0.1) is 0 Å². The van der Waals surface area contributed by atoms with E-state index in [9.17, 15) is 9.90 Å². The number of rotatable bonds is 5. The van der Waals surface area contributed by atoms with Crippen molar-refractivity contribution in [3.63, 3.8) is 0 Å². The number of piperazine rings is 1. The second-order valence-corrected chi connectivity index (χ2v) is 6.83. The number of hydrogen-bond donors (Lipinski definition) is 2. The molecule has 0 bridgehead atoms. The summed E-state index contributed by atoms with van der Waals surface area (Å²) in [7, 11) is 0. The summed E-state index contributed by atoms with van der Waals surface area (Å²) in [5, 5.41) is 13.4. The number of ether oxygens (including phenoxy) is 1. The molecule has 2 heterocycles. The fraction of sp³-hybridized carbons (Fsp3) is 0.882. The number of aliphatic imine (C=N–C) groups is 1. The second kappa shape index (κ2) is 8.67. The monoisotopic (exact) mass is 340 g/mol. The molecule has 0 aromatic carbocycles. The molecule has 1 amide bonds. The van der Waals surface area contributed by atoms with Crippen molar-refractivity contribution in [3.05, 3.63) is 0 Å². The third kappa shape index (κ3) is 5.08. The molecule has 0 aliphatic carbocycles. The maximum atomic E-state index is 12.4. The summed E-state index contributed by atoms with van der Waals surface area (Å²) in [5.74, 6) is 0.943. The summed E-state index contributed by atoms with van der Waals surface area (Å²) >= 11 is 0. The van der Waals surface area contributed by atoms with Crippen LogP contribution in [0.2, 0.25) is 0 Å². The Morgan fingerprint density at radius 3 is 2.50 bits per heavy atom. The Hall–Kier alpha value is -1.34. The van der Waals surface area contributed by atoms with Gasteiger partial charge in [0.2, 0.25) is 0 Å². The maximum absolute atomic E-state index is 12.4. The lowest BCUT2D eigenvalue weighted by Crippen LogP contribution is -2.55. The molecule has 0 spiro atoms. The van der Waals surface area contributed by atoms with Crippen molar-refractivity contribution in [3.8, 4) is 0 Å². The van der Waals surface area contributed by atoms with Crippen molar-refractivity contribution in [1.82, 2.24) is 15.1 Å². The largest absolute Gasteiger partial charge is 0.388 e. The average Bonchev–Trinajstić information content (AvgIpc) is 3.13. The molecule has 0 aromatic heterocycles. The van der Waals surface area contributed by atoms with Crippen molar-refractivity contribution in [1.29, 1.82) is 0 Å². The number of nitrogens with one attached hydrogen (secondary N) is 1. The van der Waals surface area contributed by atoms with Crippen LogP contribution in [0.25, 0.3) is 0 Å². The van der Waals surface area contributed by atoms with Gasteiger partial charge in [0.25, 0.3) is 5.91 Å². The zero-order valence-corrected chi connectivity index (χ0v) is 15.3. The Morgan fingerprint density at radius 1 is 1.29 bits per heavy atom. The van der Waals surface area contributed by atoms with Gasteiger partial charge in [0.05, 0.1) is 12.1 Å². The predicted octanol–water partition coefficient (Wildman–Crippen LogP) is 0.436. The lowest BCUT2D eigenvalue weighted by atomic mass is 10.1. The van der Waals surface area contributed by atoms with Crippen LogP contribution in [0.1, 0.15) is 40.0 Å². The molecular weight excluding hydrogens is 308 g/mol. The highest BCUT2D eigenvalue weighted by Gasteiger charge is 2.31. The molecule has 24 heavy (non-hydrogen) atoms. The quantitative estimate of drug-likeness (QED) is 0.561. The van der Waals surface area contributed by atoms with Crippen LogP contribution in [0.15, 0.2) is 4.99 Å². The SMILES string of the molecule is CCNC(=NCC(C)(O)CC)N1CCN(C(=O)C2CCCO2)CC1. The van der Waals surface area contributed by atoms with Gasteiger partial charge in [0.15, 0.2) is 5.96 Å². The Labute approximate surface area is 145 Å². The number of carbonyl (C=O) groups excluding carboxylic acids is 1. The predicted molar refractivity (Wildman–Crippen MR) is 94.0 cm³/mol. The Balaban J connectivity index is 1.89. The van der Waals surface area contributed by atoms with Crippen molar-refractivity contribution in [2.45, 2.75) is 51.7 Å². The highest BCUT2D eigenvalue weighted by atomic mass is 16.5. The van der Waals surface area contributed by atoms with Crippen LogP contribution in [0.3, 0.4) is 0 Å². The first-order valence-electron chi connectivity index (χ1n) is 9.13. The van der Waals surface area contributed by atoms with Crippen LogP contribution in [-0.2, 0) is 9.53 Å². The van der Waals surface area contributed by atoms with Crippen LogP contribution in [-0.4, -0.2) is 84.4 Å². The molecule has 138 valence electrons. The zero-order valence-electron chi connectivity index (χ0n) is 15.3. The normalized spacial score (nSPS) is 24.8. The molecule has 7 heteroatoms. The second-order valence-electron chi connectivity index (χ2n) is 6.83. The number of guanidine groups is 1. The van der Waals surface area contributed by atoms with E-state index in [0.29, 0.717) is 32.7 Å². The minimum absolute atomic E-state index is 0.128. The van der Waals surface area contributed by atoms with Gasteiger partial charge in [0, 0.05) is 39.3 Å². The van der Waals surface area contributed by atoms with Gasteiger partial charge in [-0.25, -0.2) is 0 Å². The molecule has 2 aliphatic rings. The van der Waals surface area contributed by atoms with E-state index in [1.807, 2.05) is 18.7 Å². The topological polar surface area (TPSA) is 77.4 Å². The minimum atomic E-state index is -0.779. The summed E-state index contributed by atoms with van der Waals surface area (Å²) < 4.78 is 5.50. The van der Waals surface area contributed by atoms with Gasteiger partial charge in [-0.2, -0.15) is 0 Å². The third-order valence-electron chi connectivity index (χ3n) is 4.76. The van der Waals surface area contributed by atoms with Crippen molar-refractivity contribution < 1.29 is 14.6 Å². The fourth-order valence-electron chi connectivity index (χ4n) is 2.90. The van der Waals surface area contributed by atoms with Crippen LogP contribution < -0.4 is 5.32 Å². The molecule has 2 rings (SSSR count). The Kier molecular flexibility index (Phi) is 6.86. The standard InChI is InChI=1S/C17H32N4O3/c1-4-17(3,23)13-19-16(18-5-2)21-10-8-20(9-11-21)15(22)14-7-6-12-24-14/h14,23H,4-13H2,1-3H3,(H,18,19). The first-order valence-corrected chi connectivity index (χ1v) is 9.13. The van der Waals surface area contributed by atoms with E-state index in [0.717, 1.165) is 38.4 Å². The number of hydrogen-bond acceptors (Lipinski definition) is 4. The summed E-state index contributed by atoms with van der Waals surface area (Å²) in [6.07, 6.45) is 2.25. The van der Waals surface area contributed by atoms with Crippen LogP contribution in [0.5, 0.6) is 0 Å². The Bertz CT molecular complexity index is 439.